The molecule has 0 spiro atoms. The summed E-state index contributed by atoms with van der Waals surface area (Å²) in [6, 6.07) is 0. The van der Waals surface area contributed by atoms with Crippen LogP contribution in [0.15, 0.2) is 0 Å². The summed E-state index contributed by atoms with van der Waals surface area (Å²) in [6.45, 7) is 0.559. The molecular weight excluding hydrogens is 128 g/mol. The van der Waals surface area contributed by atoms with E-state index in [0.29, 0.717) is 13.0 Å². The number of rotatable bonds is 0. The van der Waals surface area contributed by atoms with E-state index in [2.05, 4.69) is 0 Å². The van der Waals surface area contributed by atoms with Gasteiger partial charge in [0.05, 0.1) is 6.61 Å². The molecule has 0 aromatic heterocycles. The summed E-state index contributed by atoms with van der Waals surface area (Å²) in [5.74, 6) is 0. The third kappa shape index (κ3) is 1.08. The first-order valence-corrected chi connectivity index (χ1v) is 3.46. The highest BCUT2D eigenvalue weighted by molar-refractivity contribution is 7.72. The third-order valence-corrected chi connectivity index (χ3v) is 1.67. The monoisotopic (exact) mass is 134 g/mol. The molecule has 4 heteroatoms. The minimum Gasteiger partial charge on any atom is -0.335 e. The van der Waals surface area contributed by atoms with E-state index < -0.39 is 10.3 Å². The zero-order valence-corrected chi connectivity index (χ0v) is 5.07. The Labute approximate surface area is 48.8 Å². The minimum atomic E-state index is -2.10. The summed E-state index contributed by atoms with van der Waals surface area (Å²) in [5, 5.41) is 0.213. The molecule has 0 aliphatic carbocycles. The lowest BCUT2D eigenvalue weighted by Crippen LogP contribution is -1.93. The highest BCUT2D eigenvalue weighted by Crippen LogP contribution is 2.02. The SMILES string of the molecule is O=S(=O)=C1CCCO1. The van der Waals surface area contributed by atoms with Gasteiger partial charge in [0.1, 0.15) is 0 Å². The summed E-state index contributed by atoms with van der Waals surface area (Å²) in [4.78, 5) is 0. The van der Waals surface area contributed by atoms with Crippen LogP contribution in [0.2, 0.25) is 0 Å². The molecule has 46 valence electrons. The van der Waals surface area contributed by atoms with E-state index >= 15 is 0 Å². The van der Waals surface area contributed by atoms with Gasteiger partial charge in [-0.1, -0.05) is 0 Å². The zero-order chi connectivity index (χ0) is 5.98. The van der Waals surface area contributed by atoms with Crippen molar-refractivity contribution in [3.63, 3.8) is 0 Å². The Morgan fingerprint density at radius 3 is 2.50 bits per heavy atom. The Bertz CT molecular complexity index is 185. The van der Waals surface area contributed by atoms with Crippen LogP contribution in [-0.4, -0.2) is 20.1 Å². The Morgan fingerprint density at radius 2 is 2.25 bits per heavy atom. The summed E-state index contributed by atoms with van der Waals surface area (Å²) in [7, 11) is -2.10. The molecule has 0 atom stereocenters. The minimum absolute atomic E-state index is 0.213. The normalized spacial score (nSPS) is 19.2. The zero-order valence-electron chi connectivity index (χ0n) is 4.25. The van der Waals surface area contributed by atoms with Gasteiger partial charge in [0.2, 0.25) is 10.3 Å². The molecule has 0 bridgehead atoms. The van der Waals surface area contributed by atoms with Gasteiger partial charge in [-0.3, -0.25) is 0 Å². The first-order chi connectivity index (χ1) is 3.80. The smallest absolute Gasteiger partial charge is 0.240 e. The van der Waals surface area contributed by atoms with Gasteiger partial charge in [0, 0.05) is 6.42 Å². The maximum absolute atomic E-state index is 10.0. The van der Waals surface area contributed by atoms with Crippen LogP contribution in [0.25, 0.3) is 0 Å². The first-order valence-electron chi connectivity index (χ1n) is 2.38. The van der Waals surface area contributed by atoms with Gasteiger partial charge in [-0.2, -0.15) is 8.42 Å². The standard InChI is InChI=1S/C4H6O3S/c5-8(6)4-2-1-3-7-4/h1-3H2. The first kappa shape index (κ1) is 5.78. The molecule has 1 heterocycles. The molecule has 1 saturated heterocycles. The van der Waals surface area contributed by atoms with Gasteiger partial charge < -0.3 is 4.74 Å². The molecule has 0 amide bonds. The second-order valence-corrected chi connectivity index (χ2v) is 2.48. The summed E-state index contributed by atoms with van der Waals surface area (Å²) in [5.41, 5.74) is 0. The molecule has 1 rings (SSSR count). The fraction of sp³-hybridized carbons (Fsp3) is 0.750. The fourth-order valence-corrected chi connectivity index (χ4v) is 1.10. The average molecular weight is 134 g/mol. The lowest BCUT2D eigenvalue weighted by Gasteiger charge is -1.80. The summed E-state index contributed by atoms with van der Waals surface area (Å²) < 4.78 is 24.8. The molecule has 8 heavy (non-hydrogen) atoms. The molecule has 3 nitrogen and oxygen atoms in total. The molecular formula is C4H6O3S. The molecule has 0 N–H and O–H groups in total. The molecule has 1 aliphatic heterocycles. The van der Waals surface area contributed by atoms with Crippen molar-refractivity contribution in [3.05, 3.63) is 0 Å². The molecule has 0 aromatic rings. The Kier molecular flexibility index (Phi) is 1.65. The van der Waals surface area contributed by atoms with Crippen LogP contribution in [0.1, 0.15) is 12.8 Å². The maximum Gasteiger partial charge on any atom is 0.240 e. The van der Waals surface area contributed by atoms with E-state index in [0.717, 1.165) is 6.42 Å². The van der Waals surface area contributed by atoms with E-state index in [9.17, 15) is 8.42 Å². The van der Waals surface area contributed by atoms with Crippen LogP contribution < -0.4 is 0 Å². The lowest BCUT2D eigenvalue weighted by atomic mass is 10.4. The van der Waals surface area contributed by atoms with Gasteiger partial charge in [-0.15, -0.1) is 0 Å². The van der Waals surface area contributed by atoms with Crippen LogP contribution in [0.5, 0.6) is 0 Å². The molecule has 1 fully saturated rings. The summed E-state index contributed by atoms with van der Waals surface area (Å²) in [6.07, 6.45) is 1.42. The highest BCUT2D eigenvalue weighted by Gasteiger charge is 2.08. The van der Waals surface area contributed by atoms with E-state index in [-0.39, 0.29) is 5.05 Å². The van der Waals surface area contributed by atoms with Crippen molar-refractivity contribution >= 4 is 15.3 Å². The molecule has 0 radical (unpaired) electrons. The topological polar surface area (TPSA) is 43.4 Å². The van der Waals surface area contributed by atoms with E-state index in [1.54, 1.807) is 0 Å². The van der Waals surface area contributed by atoms with Crippen molar-refractivity contribution in [2.24, 2.45) is 0 Å². The third-order valence-electron chi connectivity index (χ3n) is 0.974. The van der Waals surface area contributed by atoms with Crippen molar-refractivity contribution in [1.29, 1.82) is 0 Å². The van der Waals surface area contributed by atoms with Crippen LogP contribution in [0.3, 0.4) is 0 Å². The second-order valence-electron chi connectivity index (χ2n) is 1.56. The van der Waals surface area contributed by atoms with Gasteiger partial charge in [0.25, 0.3) is 0 Å². The lowest BCUT2D eigenvalue weighted by molar-refractivity contribution is 0.350. The molecule has 1 aliphatic rings. The van der Waals surface area contributed by atoms with Gasteiger partial charge >= 0.3 is 0 Å². The maximum atomic E-state index is 10.0. The fourth-order valence-electron chi connectivity index (χ4n) is 0.606. The molecule has 0 saturated carbocycles. The molecule has 0 aromatic carbocycles. The van der Waals surface area contributed by atoms with E-state index in [1.165, 1.54) is 0 Å². The van der Waals surface area contributed by atoms with Gasteiger partial charge in [-0.25, -0.2) is 0 Å². The number of hydrogen-bond donors (Lipinski definition) is 0. The van der Waals surface area contributed by atoms with Crippen molar-refractivity contribution in [2.75, 3.05) is 6.61 Å². The van der Waals surface area contributed by atoms with Crippen molar-refractivity contribution in [2.45, 2.75) is 12.8 Å². The summed E-state index contributed by atoms with van der Waals surface area (Å²) >= 11 is 0. The Hall–Kier alpha value is -0.350. The quantitative estimate of drug-likeness (QED) is 0.431. The predicted octanol–water partition coefficient (Wildman–Crippen LogP) is -0.194. The Morgan fingerprint density at radius 1 is 1.50 bits per heavy atom. The number of hydrogen-bond acceptors (Lipinski definition) is 3. The number of ether oxygens (including phenoxy) is 1. The van der Waals surface area contributed by atoms with Crippen LogP contribution >= 0.6 is 0 Å². The van der Waals surface area contributed by atoms with Gasteiger partial charge in [-0.05, 0) is 6.42 Å². The van der Waals surface area contributed by atoms with Crippen LogP contribution in [0, 0.1) is 0 Å². The van der Waals surface area contributed by atoms with E-state index in [1.807, 2.05) is 0 Å². The average Bonchev–Trinajstić information content (AvgIpc) is 2.12. The van der Waals surface area contributed by atoms with Crippen molar-refractivity contribution in [3.8, 4) is 0 Å². The van der Waals surface area contributed by atoms with Crippen LogP contribution in [-0.2, 0) is 15.0 Å². The van der Waals surface area contributed by atoms with Crippen LogP contribution in [0.4, 0.5) is 0 Å². The Balaban J connectivity index is 2.88. The van der Waals surface area contributed by atoms with Crippen molar-refractivity contribution in [1.82, 2.24) is 0 Å². The highest BCUT2D eigenvalue weighted by atomic mass is 32.2. The largest absolute Gasteiger partial charge is 0.335 e. The van der Waals surface area contributed by atoms with Gasteiger partial charge in [0.15, 0.2) is 5.05 Å². The van der Waals surface area contributed by atoms with Crippen molar-refractivity contribution < 1.29 is 13.2 Å². The predicted molar refractivity (Wildman–Crippen MR) is 29.1 cm³/mol. The molecule has 0 unspecified atom stereocenters. The van der Waals surface area contributed by atoms with E-state index in [4.69, 9.17) is 4.74 Å². The second kappa shape index (κ2) is 2.28.